The lowest BCUT2D eigenvalue weighted by molar-refractivity contribution is -0.117. The van der Waals surface area contributed by atoms with Gasteiger partial charge in [-0.3, -0.25) is 9.69 Å². The summed E-state index contributed by atoms with van der Waals surface area (Å²) in [5.74, 6) is 0.0596. The zero-order valence-electron chi connectivity index (χ0n) is 15.5. The minimum atomic E-state index is 0.0596. The lowest BCUT2D eigenvalue weighted by atomic mass is 10.1. The molecule has 1 saturated heterocycles. The van der Waals surface area contributed by atoms with E-state index in [0.717, 1.165) is 48.9 Å². The van der Waals surface area contributed by atoms with Gasteiger partial charge in [0, 0.05) is 31.9 Å². The van der Waals surface area contributed by atoms with Crippen LogP contribution in [0.4, 0.5) is 10.8 Å². The summed E-state index contributed by atoms with van der Waals surface area (Å²) in [6, 6.07) is 16.3. The number of amides is 1. The minimum Gasteiger partial charge on any atom is -0.345 e. The monoisotopic (exact) mass is 380 g/mol. The van der Waals surface area contributed by atoms with Crippen LogP contribution in [-0.4, -0.2) is 48.5 Å². The number of rotatable bonds is 5. The van der Waals surface area contributed by atoms with Crippen LogP contribution in [0.1, 0.15) is 12.5 Å². The number of nitrogens with one attached hydrogen (secondary N) is 1. The van der Waals surface area contributed by atoms with Gasteiger partial charge in [-0.1, -0.05) is 48.6 Å². The molecule has 5 nitrogen and oxygen atoms in total. The Morgan fingerprint density at radius 2 is 1.81 bits per heavy atom. The fraction of sp³-hybridized carbons (Fsp3) is 0.333. The molecule has 140 valence electrons. The van der Waals surface area contributed by atoms with Crippen LogP contribution in [0.25, 0.3) is 10.2 Å². The van der Waals surface area contributed by atoms with E-state index in [1.807, 2.05) is 24.3 Å². The molecule has 2 aromatic carbocycles. The molecule has 0 bridgehead atoms. The maximum absolute atomic E-state index is 12.4. The maximum atomic E-state index is 12.4. The number of fused-ring (bicyclic) bond motifs is 1. The predicted octanol–water partition coefficient (Wildman–Crippen LogP) is 3.62. The normalized spacial score (nSPS) is 15.2. The second-order valence-electron chi connectivity index (χ2n) is 6.79. The van der Waals surface area contributed by atoms with Crippen molar-refractivity contribution in [3.8, 4) is 0 Å². The number of benzene rings is 2. The van der Waals surface area contributed by atoms with E-state index in [9.17, 15) is 4.79 Å². The number of hydrogen-bond donors (Lipinski definition) is 1. The first kappa shape index (κ1) is 17.9. The number of carbonyl (C=O) groups is 1. The smallest absolute Gasteiger partial charge is 0.238 e. The third-order valence-corrected chi connectivity index (χ3v) is 6.06. The summed E-state index contributed by atoms with van der Waals surface area (Å²) in [5, 5.41) is 4.15. The number of piperazine rings is 1. The number of hydrogen-bond acceptors (Lipinski definition) is 5. The van der Waals surface area contributed by atoms with Gasteiger partial charge >= 0.3 is 0 Å². The molecule has 4 rings (SSSR count). The highest BCUT2D eigenvalue weighted by molar-refractivity contribution is 7.22. The van der Waals surface area contributed by atoms with Crippen molar-refractivity contribution in [2.75, 3.05) is 42.9 Å². The standard InChI is InChI=1S/C21H24N4OS/c1-2-16-7-3-4-8-17(16)22-20(26)15-24-11-13-25(14-12-24)21-23-18-9-5-6-10-19(18)27-21/h3-10H,2,11-15H2,1H3,(H,22,26). The zero-order chi connectivity index (χ0) is 18.6. The molecule has 6 heteroatoms. The van der Waals surface area contributed by atoms with E-state index in [2.05, 4.69) is 46.3 Å². The average Bonchev–Trinajstić information content (AvgIpc) is 3.13. The lowest BCUT2D eigenvalue weighted by Crippen LogP contribution is -2.48. The summed E-state index contributed by atoms with van der Waals surface area (Å²) in [4.78, 5) is 21.7. The van der Waals surface area contributed by atoms with Crippen molar-refractivity contribution < 1.29 is 4.79 Å². The van der Waals surface area contributed by atoms with Gasteiger partial charge in [-0.05, 0) is 30.2 Å². The summed E-state index contributed by atoms with van der Waals surface area (Å²) < 4.78 is 1.23. The van der Waals surface area contributed by atoms with Crippen LogP contribution >= 0.6 is 11.3 Å². The Bertz CT molecular complexity index is 898. The topological polar surface area (TPSA) is 48.5 Å². The number of carbonyl (C=O) groups excluding carboxylic acids is 1. The third kappa shape index (κ3) is 4.12. The van der Waals surface area contributed by atoms with E-state index in [1.165, 1.54) is 10.3 Å². The first-order valence-corrected chi connectivity index (χ1v) is 10.2. The molecule has 1 amide bonds. The maximum Gasteiger partial charge on any atom is 0.238 e. The summed E-state index contributed by atoms with van der Waals surface area (Å²) in [5.41, 5.74) is 3.17. The van der Waals surface area contributed by atoms with Gasteiger partial charge in [0.1, 0.15) is 0 Å². The lowest BCUT2D eigenvalue weighted by Gasteiger charge is -2.34. The van der Waals surface area contributed by atoms with E-state index in [4.69, 9.17) is 4.98 Å². The predicted molar refractivity (Wildman–Crippen MR) is 113 cm³/mol. The number of nitrogens with zero attached hydrogens (tertiary/aromatic N) is 3. The van der Waals surface area contributed by atoms with Gasteiger partial charge in [-0.15, -0.1) is 0 Å². The number of aryl methyl sites for hydroxylation is 1. The number of para-hydroxylation sites is 2. The Kier molecular flexibility index (Phi) is 5.36. The van der Waals surface area contributed by atoms with Crippen LogP contribution in [-0.2, 0) is 11.2 Å². The van der Waals surface area contributed by atoms with Crippen molar-refractivity contribution in [2.45, 2.75) is 13.3 Å². The largest absolute Gasteiger partial charge is 0.345 e. The molecule has 0 saturated carbocycles. The summed E-state index contributed by atoms with van der Waals surface area (Å²) >= 11 is 1.74. The molecule has 27 heavy (non-hydrogen) atoms. The van der Waals surface area contributed by atoms with Gasteiger partial charge < -0.3 is 10.2 Å². The highest BCUT2D eigenvalue weighted by Gasteiger charge is 2.21. The van der Waals surface area contributed by atoms with Gasteiger partial charge in [0.15, 0.2) is 5.13 Å². The quantitative estimate of drug-likeness (QED) is 0.734. The van der Waals surface area contributed by atoms with Crippen LogP contribution in [0.2, 0.25) is 0 Å². The van der Waals surface area contributed by atoms with E-state index in [0.29, 0.717) is 6.54 Å². The first-order valence-electron chi connectivity index (χ1n) is 9.43. The van der Waals surface area contributed by atoms with Crippen LogP contribution in [0, 0.1) is 0 Å². The van der Waals surface area contributed by atoms with Crippen molar-refractivity contribution in [2.24, 2.45) is 0 Å². The Morgan fingerprint density at radius 3 is 2.59 bits per heavy atom. The fourth-order valence-electron chi connectivity index (χ4n) is 3.44. The average molecular weight is 381 g/mol. The van der Waals surface area contributed by atoms with E-state index in [1.54, 1.807) is 11.3 Å². The van der Waals surface area contributed by atoms with Crippen LogP contribution in [0.3, 0.4) is 0 Å². The highest BCUT2D eigenvalue weighted by Crippen LogP contribution is 2.29. The van der Waals surface area contributed by atoms with Gasteiger partial charge in [-0.25, -0.2) is 4.98 Å². The Hall–Kier alpha value is -2.44. The number of anilines is 2. The summed E-state index contributed by atoms with van der Waals surface area (Å²) in [6.07, 6.45) is 0.914. The second kappa shape index (κ2) is 8.06. The molecule has 0 unspecified atom stereocenters. The molecular weight excluding hydrogens is 356 g/mol. The van der Waals surface area contributed by atoms with Gasteiger partial charge in [0.25, 0.3) is 0 Å². The van der Waals surface area contributed by atoms with Gasteiger partial charge in [-0.2, -0.15) is 0 Å². The number of thiazole rings is 1. The Morgan fingerprint density at radius 1 is 1.07 bits per heavy atom. The van der Waals surface area contributed by atoms with E-state index < -0.39 is 0 Å². The third-order valence-electron chi connectivity index (χ3n) is 4.96. The molecule has 1 aliphatic heterocycles. The minimum absolute atomic E-state index is 0.0596. The van der Waals surface area contributed by atoms with Crippen LogP contribution in [0.15, 0.2) is 48.5 Å². The molecule has 0 radical (unpaired) electrons. The Labute approximate surface area is 163 Å². The first-order chi connectivity index (χ1) is 13.2. The molecule has 1 fully saturated rings. The molecule has 1 N–H and O–H groups in total. The van der Waals surface area contributed by atoms with Gasteiger partial charge in [0.05, 0.1) is 16.8 Å². The summed E-state index contributed by atoms with van der Waals surface area (Å²) in [7, 11) is 0. The molecule has 0 aliphatic carbocycles. The molecule has 0 spiro atoms. The van der Waals surface area contributed by atoms with Crippen LogP contribution in [0.5, 0.6) is 0 Å². The van der Waals surface area contributed by atoms with Crippen molar-refractivity contribution in [1.29, 1.82) is 0 Å². The highest BCUT2D eigenvalue weighted by atomic mass is 32.1. The van der Waals surface area contributed by atoms with Crippen LogP contribution < -0.4 is 10.2 Å². The van der Waals surface area contributed by atoms with Crippen molar-refractivity contribution >= 4 is 38.3 Å². The SMILES string of the molecule is CCc1ccccc1NC(=O)CN1CCN(c2nc3ccccc3s2)CC1. The molecule has 3 aromatic rings. The fourth-order valence-corrected chi connectivity index (χ4v) is 4.45. The second-order valence-corrected chi connectivity index (χ2v) is 7.80. The van der Waals surface area contributed by atoms with E-state index >= 15 is 0 Å². The zero-order valence-corrected chi connectivity index (χ0v) is 16.3. The van der Waals surface area contributed by atoms with Crippen molar-refractivity contribution in [1.82, 2.24) is 9.88 Å². The Balaban J connectivity index is 1.32. The summed E-state index contributed by atoms with van der Waals surface area (Å²) in [6.45, 7) is 6.09. The molecule has 2 heterocycles. The molecule has 0 atom stereocenters. The molecular formula is C21H24N4OS. The van der Waals surface area contributed by atoms with Gasteiger partial charge in [0.2, 0.25) is 5.91 Å². The van der Waals surface area contributed by atoms with Crippen molar-refractivity contribution in [3.05, 3.63) is 54.1 Å². The number of aromatic nitrogens is 1. The van der Waals surface area contributed by atoms with Crippen molar-refractivity contribution in [3.63, 3.8) is 0 Å². The molecule has 1 aliphatic rings. The molecule has 1 aromatic heterocycles. The van der Waals surface area contributed by atoms with E-state index in [-0.39, 0.29) is 5.91 Å².